The zero-order valence-electron chi connectivity index (χ0n) is 19.3. The van der Waals surface area contributed by atoms with Gasteiger partial charge in [0, 0.05) is 41.8 Å². The second kappa shape index (κ2) is 10.2. The van der Waals surface area contributed by atoms with Gasteiger partial charge in [-0.05, 0) is 62.5 Å². The highest BCUT2D eigenvalue weighted by atomic mass is 32.2. The van der Waals surface area contributed by atoms with Gasteiger partial charge in [0.2, 0.25) is 0 Å². The average molecular weight is 494 g/mol. The molecular weight excluding hydrogens is 466 g/mol. The summed E-state index contributed by atoms with van der Waals surface area (Å²) in [6, 6.07) is 7.53. The fourth-order valence-corrected chi connectivity index (χ4v) is 6.02. The summed E-state index contributed by atoms with van der Waals surface area (Å²) in [6.45, 7) is 2.18. The van der Waals surface area contributed by atoms with E-state index >= 15 is 0 Å². The number of amides is 1. The lowest BCUT2D eigenvalue weighted by molar-refractivity contribution is 0.0947. The maximum Gasteiger partial charge on any atom is 0.251 e. The standard InChI is InChI=1S/C25H27N5O2S2/c1-15-7-19(32-30-15)12-28-25(31)18-5-6-21-22(11-18)34-24(29-21)10-17-4-3-16(8-17)9-23-26-13-20(33-2)14-27-23/h5-7,11,13-14,16-17H,3-4,8-10,12H2,1-2H3,(H,28,31)/t16-,17-/m0/s1. The summed E-state index contributed by atoms with van der Waals surface area (Å²) in [5.41, 5.74) is 2.39. The molecule has 1 N–H and O–H groups in total. The van der Waals surface area contributed by atoms with Crippen LogP contribution in [0.1, 0.15) is 51.9 Å². The summed E-state index contributed by atoms with van der Waals surface area (Å²) in [5, 5.41) is 7.88. The molecule has 7 nitrogen and oxygen atoms in total. The predicted octanol–water partition coefficient (Wildman–Crippen LogP) is 5.24. The second-order valence-corrected chi connectivity index (χ2v) is 10.9. The van der Waals surface area contributed by atoms with Crippen molar-refractivity contribution in [3.05, 3.63) is 64.5 Å². The Morgan fingerprint density at radius 1 is 1.18 bits per heavy atom. The van der Waals surface area contributed by atoms with Gasteiger partial charge in [-0.1, -0.05) is 5.16 Å². The number of thioether (sulfide) groups is 1. The number of hydrogen-bond acceptors (Lipinski definition) is 8. The molecule has 4 aromatic rings. The van der Waals surface area contributed by atoms with Crippen LogP contribution in [0.3, 0.4) is 0 Å². The van der Waals surface area contributed by atoms with Crippen molar-refractivity contribution < 1.29 is 9.32 Å². The fourth-order valence-electron chi connectivity index (χ4n) is 4.58. The highest BCUT2D eigenvalue weighted by Crippen LogP contribution is 2.36. The van der Waals surface area contributed by atoms with Crippen LogP contribution in [0.5, 0.6) is 0 Å². The molecule has 1 aliphatic rings. The first-order valence-corrected chi connectivity index (χ1v) is 13.5. The second-order valence-electron chi connectivity index (χ2n) is 8.90. The average Bonchev–Trinajstić information content (AvgIpc) is 3.57. The number of benzene rings is 1. The SMILES string of the molecule is CSc1cnc(C[C@H]2CC[C@H](Cc3nc4ccc(C(=O)NCc5cc(C)no5)cc4s3)C2)nc1. The van der Waals surface area contributed by atoms with Crippen molar-refractivity contribution in [3.8, 4) is 0 Å². The Labute approximate surface area is 206 Å². The van der Waals surface area contributed by atoms with Crippen molar-refractivity contribution in [2.75, 3.05) is 6.26 Å². The zero-order chi connectivity index (χ0) is 23.5. The van der Waals surface area contributed by atoms with Crippen LogP contribution < -0.4 is 5.32 Å². The van der Waals surface area contributed by atoms with Gasteiger partial charge in [-0.25, -0.2) is 15.0 Å². The zero-order valence-corrected chi connectivity index (χ0v) is 20.9. The van der Waals surface area contributed by atoms with E-state index in [9.17, 15) is 4.79 Å². The molecule has 1 saturated carbocycles. The first-order valence-electron chi connectivity index (χ1n) is 11.5. The van der Waals surface area contributed by atoms with Gasteiger partial charge in [-0.3, -0.25) is 4.79 Å². The van der Waals surface area contributed by atoms with Crippen LogP contribution in [0.25, 0.3) is 10.2 Å². The molecule has 0 bridgehead atoms. The van der Waals surface area contributed by atoms with Gasteiger partial charge < -0.3 is 9.84 Å². The van der Waals surface area contributed by atoms with E-state index in [0.717, 1.165) is 44.5 Å². The lowest BCUT2D eigenvalue weighted by atomic mass is 9.99. The molecular formula is C25H27N5O2S2. The molecule has 2 atom stereocenters. The van der Waals surface area contributed by atoms with Crippen LogP contribution in [-0.2, 0) is 19.4 Å². The Kier molecular flexibility index (Phi) is 6.92. The molecule has 1 amide bonds. The van der Waals surface area contributed by atoms with E-state index in [2.05, 4.69) is 20.4 Å². The number of aromatic nitrogens is 4. The number of fused-ring (bicyclic) bond motifs is 1. The van der Waals surface area contributed by atoms with Gasteiger partial charge in [-0.2, -0.15) is 0 Å². The molecule has 3 aromatic heterocycles. The first-order chi connectivity index (χ1) is 16.6. The molecule has 0 unspecified atom stereocenters. The summed E-state index contributed by atoms with van der Waals surface area (Å²) in [5.74, 6) is 2.75. The molecule has 0 spiro atoms. The molecule has 1 aromatic carbocycles. The topological polar surface area (TPSA) is 93.8 Å². The number of thiazole rings is 1. The van der Waals surface area contributed by atoms with E-state index in [-0.39, 0.29) is 5.91 Å². The van der Waals surface area contributed by atoms with Gasteiger partial charge in [0.05, 0.1) is 27.5 Å². The van der Waals surface area contributed by atoms with Crippen molar-refractivity contribution in [3.63, 3.8) is 0 Å². The summed E-state index contributed by atoms with van der Waals surface area (Å²) < 4.78 is 6.21. The van der Waals surface area contributed by atoms with E-state index in [0.29, 0.717) is 29.7 Å². The van der Waals surface area contributed by atoms with E-state index in [1.807, 2.05) is 49.8 Å². The molecule has 0 radical (unpaired) electrons. The molecule has 0 saturated heterocycles. The summed E-state index contributed by atoms with van der Waals surface area (Å²) in [4.78, 5) is 27.6. The van der Waals surface area contributed by atoms with Gasteiger partial charge in [0.25, 0.3) is 5.91 Å². The molecule has 0 aliphatic heterocycles. The van der Waals surface area contributed by atoms with Crippen LogP contribution in [0.15, 0.2) is 46.1 Å². The molecule has 1 aliphatic carbocycles. The predicted molar refractivity (Wildman–Crippen MR) is 134 cm³/mol. The Morgan fingerprint density at radius 3 is 2.71 bits per heavy atom. The van der Waals surface area contributed by atoms with Crippen LogP contribution in [0.2, 0.25) is 0 Å². The number of hydrogen-bond donors (Lipinski definition) is 1. The van der Waals surface area contributed by atoms with Crippen LogP contribution >= 0.6 is 23.1 Å². The lowest BCUT2D eigenvalue weighted by Gasteiger charge is -2.09. The summed E-state index contributed by atoms with van der Waals surface area (Å²) in [7, 11) is 0. The fraction of sp³-hybridized carbons (Fsp3) is 0.400. The normalized spacial score (nSPS) is 17.9. The summed E-state index contributed by atoms with van der Waals surface area (Å²) in [6.07, 6.45) is 11.5. The third-order valence-corrected chi connectivity index (χ3v) is 8.02. The summed E-state index contributed by atoms with van der Waals surface area (Å²) >= 11 is 3.37. The van der Waals surface area contributed by atoms with Crippen molar-refractivity contribution in [1.82, 2.24) is 25.4 Å². The van der Waals surface area contributed by atoms with Crippen molar-refractivity contribution in [2.24, 2.45) is 11.8 Å². The minimum atomic E-state index is -0.127. The number of carbonyl (C=O) groups is 1. The smallest absolute Gasteiger partial charge is 0.251 e. The molecule has 5 rings (SSSR count). The van der Waals surface area contributed by atoms with Gasteiger partial charge in [-0.15, -0.1) is 23.1 Å². The van der Waals surface area contributed by atoms with Gasteiger partial charge >= 0.3 is 0 Å². The van der Waals surface area contributed by atoms with Crippen molar-refractivity contribution in [2.45, 2.75) is 50.5 Å². The maximum atomic E-state index is 12.6. The lowest BCUT2D eigenvalue weighted by Crippen LogP contribution is -2.22. The Hall–Kier alpha value is -2.78. The van der Waals surface area contributed by atoms with Crippen molar-refractivity contribution in [1.29, 1.82) is 0 Å². The van der Waals surface area contributed by atoms with Gasteiger partial charge in [0.15, 0.2) is 5.76 Å². The number of rotatable bonds is 8. The molecule has 3 heterocycles. The van der Waals surface area contributed by atoms with Crippen LogP contribution in [0, 0.1) is 18.8 Å². The number of nitrogens with zero attached hydrogens (tertiary/aromatic N) is 4. The Morgan fingerprint density at radius 2 is 1.97 bits per heavy atom. The highest BCUT2D eigenvalue weighted by molar-refractivity contribution is 7.98. The third-order valence-electron chi connectivity index (χ3n) is 6.30. The minimum absolute atomic E-state index is 0.127. The molecule has 1 fully saturated rings. The number of nitrogens with one attached hydrogen (secondary N) is 1. The number of carbonyl (C=O) groups excluding carboxylic acids is 1. The van der Waals surface area contributed by atoms with E-state index < -0.39 is 0 Å². The van der Waals surface area contributed by atoms with E-state index in [1.165, 1.54) is 19.3 Å². The Balaban J connectivity index is 1.17. The minimum Gasteiger partial charge on any atom is -0.359 e. The third kappa shape index (κ3) is 5.47. The molecule has 34 heavy (non-hydrogen) atoms. The Bertz CT molecular complexity index is 1280. The van der Waals surface area contributed by atoms with Crippen LogP contribution in [-0.4, -0.2) is 32.3 Å². The highest BCUT2D eigenvalue weighted by Gasteiger charge is 2.26. The maximum absolute atomic E-state index is 12.6. The van der Waals surface area contributed by atoms with Gasteiger partial charge in [0.1, 0.15) is 5.82 Å². The molecule has 9 heteroatoms. The quantitative estimate of drug-likeness (QED) is 0.336. The monoisotopic (exact) mass is 493 g/mol. The first kappa shape index (κ1) is 23.0. The largest absolute Gasteiger partial charge is 0.359 e. The molecule has 176 valence electrons. The van der Waals surface area contributed by atoms with Crippen LogP contribution in [0.4, 0.5) is 0 Å². The van der Waals surface area contributed by atoms with E-state index in [4.69, 9.17) is 9.51 Å². The van der Waals surface area contributed by atoms with Crippen molar-refractivity contribution >= 4 is 39.2 Å². The number of aryl methyl sites for hydroxylation is 1. The van der Waals surface area contributed by atoms with E-state index in [1.54, 1.807) is 23.1 Å².